The SMILES string of the molecule is O=C(COC(=O)C1CCN(S(=O)(=O)c2ccccc2)CC1)Nc1ccccc1SC(F)F. The normalized spacial score (nSPS) is 15.5. The molecule has 0 unspecified atom stereocenters. The van der Waals surface area contributed by atoms with E-state index in [9.17, 15) is 26.8 Å². The minimum Gasteiger partial charge on any atom is -0.455 e. The van der Waals surface area contributed by atoms with E-state index in [1.54, 1.807) is 30.3 Å². The number of hydrogen-bond donors (Lipinski definition) is 1. The standard InChI is InChI=1S/C21H22F2N2O5S2/c22-21(23)31-18-9-5-4-8-17(18)24-19(26)14-30-20(27)15-10-12-25(13-11-15)32(28,29)16-6-2-1-3-7-16/h1-9,15,21H,10-14H2,(H,24,26). The number of nitrogens with one attached hydrogen (secondary N) is 1. The van der Waals surface area contributed by atoms with Gasteiger partial charge >= 0.3 is 5.97 Å². The Bertz CT molecular complexity index is 1040. The van der Waals surface area contributed by atoms with Gasteiger partial charge in [0.15, 0.2) is 6.61 Å². The summed E-state index contributed by atoms with van der Waals surface area (Å²) in [5.41, 5.74) is 0.207. The van der Waals surface area contributed by atoms with Crippen molar-refractivity contribution in [2.75, 3.05) is 25.0 Å². The first-order chi connectivity index (χ1) is 15.3. The minimum atomic E-state index is -3.62. The second kappa shape index (κ2) is 10.9. The van der Waals surface area contributed by atoms with Crippen LogP contribution in [0.3, 0.4) is 0 Å². The number of carbonyl (C=O) groups is 2. The Morgan fingerprint density at radius 2 is 1.69 bits per heavy atom. The molecular formula is C21H22F2N2O5S2. The molecule has 11 heteroatoms. The summed E-state index contributed by atoms with van der Waals surface area (Å²) in [6.45, 7) is -0.224. The molecule has 1 aliphatic heterocycles. The van der Waals surface area contributed by atoms with Crippen LogP contribution in [-0.2, 0) is 24.3 Å². The van der Waals surface area contributed by atoms with E-state index in [1.807, 2.05) is 0 Å². The van der Waals surface area contributed by atoms with Crippen LogP contribution >= 0.6 is 11.8 Å². The maximum atomic E-state index is 12.7. The van der Waals surface area contributed by atoms with E-state index in [0.29, 0.717) is 11.8 Å². The molecule has 1 N–H and O–H groups in total. The third kappa shape index (κ3) is 6.27. The van der Waals surface area contributed by atoms with Gasteiger partial charge in [-0.1, -0.05) is 42.1 Å². The third-order valence-electron chi connectivity index (χ3n) is 4.89. The lowest BCUT2D eigenvalue weighted by molar-refractivity contribution is -0.152. The number of esters is 1. The first-order valence-corrected chi connectivity index (χ1v) is 12.1. The van der Waals surface area contributed by atoms with E-state index >= 15 is 0 Å². The molecule has 3 rings (SSSR count). The highest BCUT2D eigenvalue weighted by molar-refractivity contribution is 7.99. The fourth-order valence-electron chi connectivity index (χ4n) is 3.28. The van der Waals surface area contributed by atoms with Crippen molar-refractivity contribution in [3.63, 3.8) is 0 Å². The average Bonchev–Trinajstić information content (AvgIpc) is 2.79. The number of anilines is 1. The van der Waals surface area contributed by atoms with E-state index in [2.05, 4.69) is 5.32 Å². The molecule has 1 saturated heterocycles. The van der Waals surface area contributed by atoms with Crippen molar-refractivity contribution >= 4 is 39.3 Å². The molecule has 1 heterocycles. The van der Waals surface area contributed by atoms with Crippen LogP contribution in [0.5, 0.6) is 0 Å². The number of amides is 1. The number of thioether (sulfide) groups is 1. The number of alkyl halides is 2. The van der Waals surface area contributed by atoms with Crippen LogP contribution in [0.15, 0.2) is 64.4 Å². The number of piperidine rings is 1. The van der Waals surface area contributed by atoms with Crippen molar-refractivity contribution < 1.29 is 31.5 Å². The second-order valence-corrected chi connectivity index (χ2v) is 9.99. The number of halogens is 2. The van der Waals surface area contributed by atoms with Crippen molar-refractivity contribution in [1.82, 2.24) is 4.31 Å². The summed E-state index contributed by atoms with van der Waals surface area (Å²) in [7, 11) is -3.62. The van der Waals surface area contributed by atoms with Gasteiger partial charge in [-0.15, -0.1) is 0 Å². The Balaban J connectivity index is 1.48. The van der Waals surface area contributed by atoms with Crippen molar-refractivity contribution in [3.8, 4) is 0 Å². The van der Waals surface area contributed by atoms with E-state index < -0.39 is 40.2 Å². The zero-order valence-corrected chi connectivity index (χ0v) is 18.6. The molecule has 0 radical (unpaired) electrons. The monoisotopic (exact) mass is 484 g/mol. The van der Waals surface area contributed by atoms with Crippen LogP contribution < -0.4 is 5.32 Å². The van der Waals surface area contributed by atoms with E-state index in [1.165, 1.54) is 28.6 Å². The van der Waals surface area contributed by atoms with Crippen LogP contribution in [0.1, 0.15) is 12.8 Å². The van der Waals surface area contributed by atoms with Crippen LogP contribution in [0, 0.1) is 5.92 Å². The molecule has 2 aromatic carbocycles. The van der Waals surface area contributed by atoms with Crippen molar-refractivity contribution in [1.29, 1.82) is 0 Å². The van der Waals surface area contributed by atoms with Gasteiger partial charge in [0.05, 0.1) is 16.5 Å². The molecular weight excluding hydrogens is 462 g/mol. The zero-order valence-electron chi connectivity index (χ0n) is 16.9. The lowest BCUT2D eigenvalue weighted by Crippen LogP contribution is -2.40. The number of ether oxygens (including phenoxy) is 1. The zero-order chi connectivity index (χ0) is 23.1. The van der Waals surface area contributed by atoms with Crippen molar-refractivity contribution in [3.05, 3.63) is 54.6 Å². The van der Waals surface area contributed by atoms with Crippen molar-refractivity contribution in [2.24, 2.45) is 5.92 Å². The molecule has 0 atom stereocenters. The molecule has 32 heavy (non-hydrogen) atoms. The fraction of sp³-hybridized carbons (Fsp3) is 0.333. The Kier molecular flexibility index (Phi) is 8.21. The molecule has 1 fully saturated rings. The van der Waals surface area contributed by atoms with Gasteiger partial charge in [0.1, 0.15) is 0 Å². The van der Waals surface area contributed by atoms with E-state index in [0.717, 1.165) is 0 Å². The van der Waals surface area contributed by atoms with Gasteiger partial charge in [-0.05, 0) is 37.1 Å². The van der Waals surface area contributed by atoms with Gasteiger partial charge in [0.25, 0.3) is 11.7 Å². The van der Waals surface area contributed by atoms with Crippen LogP contribution in [0.4, 0.5) is 14.5 Å². The number of carbonyl (C=O) groups excluding carboxylic acids is 2. The second-order valence-electron chi connectivity index (χ2n) is 7.02. The molecule has 0 saturated carbocycles. The maximum Gasteiger partial charge on any atom is 0.309 e. The summed E-state index contributed by atoms with van der Waals surface area (Å²) >= 11 is 0.305. The summed E-state index contributed by atoms with van der Waals surface area (Å²) in [5, 5.41) is 2.46. The Labute approximate surface area is 189 Å². The fourth-order valence-corrected chi connectivity index (χ4v) is 5.37. The van der Waals surface area contributed by atoms with Gasteiger partial charge in [-0.25, -0.2) is 8.42 Å². The highest BCUT2D eigenvalue weighted by Crippen LogP contribution is 2.31. The van der Waals surface area contributed by atoms with Crippen LogP contribution in [0.2, 0.25) is 0 Å². The number of nitrogens with zero attached hydrogens (tertiary/aromatic N) is 1. The highest BCUT2D eigenvalue weighted by Gasteiger charge is 2.32. The summed E-state index contributed by atoms with van der Waals surface area (Å²) < 4.78 is 57.0. The first kappa shape index (κ1) is 24.1. The lowest BCUT2D eigenvalue weighted by Gasteiger charge is -2.30. The summed E-state index contributed by atoms with van der Waals surface area (Å²) in [4.78, 5) is 24.8. The third-order valence-corrected chi connectivity index (χ3v) is 7.59. The lowest BCUT2D eigenvalue weighted by atomic mass is 9.98. The highest BCUT2D eigenvalue weighted by atomic mass is 32.2. The molecule has 0 aliphatic carbocycles. The predicted octanol–water partition coefficient (Wildman–Crippen LogP) is 3.58. The van der Waals surface area contributed by atoms with E-state index in [-0.39, 0.29) is 41.4 Å². The summed E-state index contributed by atoms with van der Waals surface area (Å²) in [6, 6.07) is 14.2. The number of hydrogen-bond acceptors (Lipinski definition) is 6. The van der Waals surface area contributed by atoms with Gasteiger partial charge < -0.3 is 10.1 Å². The molecule has 0 aromatic heterocycles. The largest absolute Gasteiger partial charge is 0.455 e. The van der Waals surface area contributed by atoms with Crippen molar-refractivity contribution in [2.45, 2.75) is 28.4 Å². The smallest absolute Gasteiger partial charge is 0.309 e. The number of benzene rings is 2. The summed E-state index contributed by atoms with van der Waals surface area (Å²) in [5.74, 6) is -4.40. The molecule has 2 aromatic rings. The van der Waals surface area contributed by atoms with Gasteiger partial charge in [0, 0.05) is 18.0 Å². The van der Waals surface area contributed by atoms with E-state index in [4.69, 9.17) is 4.74 Å². The molecule has 7 nitrogen and oxygen atoms in total. The number of para-hydroxylation sites is 1. The topological polar surface area (TPSA) is 92.8 Å². The quantitative estimate of drug-likeness (QED) is 0.455. The predicted molar refractivity (Wildman–Crippen MR) is 116 cm³/mol. The molecule has 0 bridgehead atoms. The molecule has 0 spiro atoms. The maximum absolute atomic E-state index is 12.7. The number of sulfonamides is 1. The summed E-state index contributed by atoms with van der Waals surface area (Å²) in [6.07, 6.45) is 0.556. The van der Waals surface area contributed by atoms with Gasteiger partial charge in [0.2, 0.25) is 10.0 Å². The number of rotatable bonds is 8. The van der Waals surface area contributed by atoms with Gasteiger partial charge in [-0.2, -0.15) is 13.1 Å². The van der Waals surface area contributed by atoms with Crippen LogP contribution in [-0.4, -0.2) is 50.1 Å². The Morgan fingerprint density at radius 3 is 2.34 bits per heavy atom. The van der Waals surface area contributed by atoms with Crippen LogP contribution in [0.25, 0.3) is 0 Å². The Hall–Kier alpha value is -2.50. The molecule has 172 valence electrons. The molecule has 1 aliphatic rings. The minimum absolute atomic E-state index is 0.168. The molecule has 1 amide bonds. The average molecular weight is 485 g/mol. The Morgan fingerprint density at radius 1 is 1.06 bits per heavy atom. The van der Waals surface area contributed by atoms with Gasteiger partial charge in [-0.3, -0.25) is 9.59 Å². The first-order valence-electron chi connectivity index (χ1n) is 9.83.